The molecule has 0 spiro atoms. The van der Waals surface area contributed by atoms with Gasteiger partial charge >= 0.3 is 5.97 Å². The standard InChI is InChI=1S/C21H18N2O3/c1-14-4-3-5-20(22-14)23-21(25)18-8-6-16(7-9-18)17-10-12-19(13-11-17)26-15(2)24/h3-13H,1-2H3,(H,22,23,25). The van der Waals surface area contributed by atoms with Crippen LogP contribution in [0.2, 0.25) is 0 Å². The molecule has 1 heterocycles. The fraction of sp³-hybridized carbons (Fsp3) is 0.0952. The Bertz CT molecular complexity index is 932. The molecular weight excluding hydrogens is 328 g/mol. The number of amides is 1. The first kappa shape index (κ1) is 17.4. The van der Waals surface area contributed by atoms with E-state index in [0.29, 0.717) is 17.1 Å². The molecule has 5 nitrogen and oxygen atoms in total. The zero-order valence-corrected chi connectivity index (χ0v) is 14.5. The molecular formula is C21H18N2O3. The van der Waals surface area contributed by atoms with Gasteiger partial charge in [0.25, 0.3) is 5.91 Å². The number of aryl methyl sites for hydroxylation is 1. The number of pyridine rings is 1. The second-order valence-electron chi connectivity index (χ2n) is 5.81. The summed E-state index contributed by atoms with van der Waals surface area (Å²) in [6, 6.07) is 20.0. The van der Waals surface area contributed by atoms with E-state index in [9.17, 15) is 9.59 Å². The van der Waals surface area contributed by atoms with E-state index in [1.54, 1.807) is 30.3 Å². The maximum atomic E-state index is 12.3. The van der Waals surface area contributed by atoms with Gasteiger partial charge < -0.3 is 10.1 Å². The van der Waals surface area contributed by atoms with Crippen molar-refractivity contribution in [2.75, 3.05) is 5.32 Å². The first-order chi connectivity index (χ1) is 12.5. The van der Waals surface area contributed by atoms with Gasteiger partial charge in [0.1, 0.15) is 11.6 Å². The first-order valence-corrected chi connectivity index (χ1v) is 8.15. The normalized spacial score (nSPS) is 10.2. The van der Waals surface area contributed by atoms with Gasteiger partial charge in [0.2, 0.25) is 0 Å². The lowest BCUT2D eigenvalue weighted by Gasteiger charge is -2.07. The zero-order valence-electron chi connectivity index (χ0n) is 14.5. The number of hydrogen-bond acceptors (Lipinski definition) is 4. The lowest BCUT2D eigenvalue weighted by atomic mass is 10.0. The highest BCUT2D eigenvalue weighted by molar-refractivity contribution is 6.04. The Labute approximate surface area is 151 Å². The van der Waals surface area contributed by atoms with Gasteiger partial charge in [-0.25, -0.2) is 4.98 Å². The van der Waals surface area contributed by atoms with Gasteiger partial charge in [-0.1, -0.05) is 30.3 Å². The molecule has 0 aliphatic carbocycles. The smallest absolute Gasteiger partial charge is 0.308 e. The monoisotopic (exact) mass is 346 g/mol. The predicted molar refractivity (Wildman–Crippen MR) is 100 cm³/mol. The number of anilines is 1. The summed E-state index contributed by atoms with van der Waals surface area (Å²) >= 11 is 0. The summed E-state index contributed by atoms with van der Waals surface area (Å²) < 4.78 is 5.02. The minimum atomic E-state index is -0.351. The summed E-state index contributed by atoms with van der Waals surface area (Å²) in [5.41, 5.74) is 3.32. The Hall–Kier alpha value is -3.47. The Balaban J connectivity index is 1.71. The molecule has 0 unspecified atom stereocenters. The molecule has 3 aromatic rings. The number of esters is 1. The number of nitrogens with zero attached hydrogens (tertiary/aromatic N) is 1. The lowest BCUT2D eigenvalue weighted by molar-refractivity contribution is -0.131. The maximum absolute atomic E-state index is 12.3. The Kier molecular flexibility index (Phi) is 5.08. The van der Waals surface area contributed by atoms with Gasteiger partial charge in [-0.05, 0) is 54.4 Å². The molecule has 0 radical (unpaired) electrons. The fourth-order valence-electron chi connectivity index (χ4n) is 2.50. The van der Waals surface area contributed by atoms with Crippen molar-refractivity contribution >= 4 is 17.7 Å². The summed E-state index contributed by atoms with van der Waals surface area (Å²) in [5, 5.41) is 2.79. The van der Waals surface area contributed by atoms with Gasteiger partial charge in [-0.3, -0.25) is 9.59 Å². The third kappa shape index (κ3) is 4.33. The second-order valence-corrected chi connectivity index (χ2v) is 5.81. The first-order valence-electron chi connectivity index (χ1n) is 8.15. The van der Waals surface area contributed by atoms with Crippen molar-refractivity contribution in [3.8, 4) is 16.9 Å². The third-order valence-electron chi connectivity index (χ3n) is 3.73. The van der Waals surface area contributed by atoms with Crippen molar-refractivity contribution in [2.24, 2.45) is 0 Å². The number of hydrogen-bond donors (Lipinski definition) is 1. The predicted octanol–water partition coefficient (Wildman–Crippen LogP) is 4.23. The van der Waals surface area contributed by atoms with E-state index in [1.165, 1.54) is 6.92 Å². The molecule has 0 fully saturated rings. The summed E-state index contributed by atoms with van der Waals surface area (Å²) in [4.78, 5) is 27.5. The van der Waals surface area contributed by atoms with E-state index >= 15 is 0 Å². The Morgan fingerprint density at radius 3 is 2.08 bits per heavy atom. The van der Waals surface area contributed by atoms with Crippen LogP contribution in [0.15, 0.2) is 66.7 Å². The van der Waals surface area contributed by atoms with E-state index in [2.05, 4.69) is 10.3 Å². The van der Waals surface area contributed by atoms with Crippen LogP contribution in [0, 0.1) is 6.92 Å². The van der Waals surface area contributed by atoms with Crippen LogP contribution in [0.3, 0.4) is 0 Å². The number of nitrogens with one attached hydrogen (secondary N) is 1. The molecule has 3 rings (SSSR count). The van der Waals surface area contributed by atoms with Crippen LogP contribution in [-0.2, 0) is 4.79 Å². The van der Waals surface area contributed by atoms with Crippen molar-refractivity contribution < 1.29 is 14.3 Å². The number of aromatic nitrogens is 1. The zero-order chi connectivity index (χ0) is 18.5. The van der Waals surface area contributed by atoms with Crippen molar-refractivity contribution in [1.82, 2.24) is 4.98 Å². The number of carbonyl (C=O) groups excluding carboxylic acids is 2. The number of benzene rings is 2. The SMILES string of the molecule is CC(=O)Oc1ccc(-c2ccc(C(=O)Nc3cccc(C)n3)cc2)cc1. The topological polar surface area (TPSA) is 68.3 Å². The molecule has 0 bridgehead atoms. The van der Waals surface area contributed by atoms with Crippen LogP contribution < -0.4 is 10.1 Å². The number of carbonyl (C=O) groups is 2. The molecule has 0 atom stereocenters. The highest BCUT2D eigenvalue weighted by atomic mass is 16.5. The molecule has 0 saturated heterocycles. The molecule has 1 aromatic heterocycles. The van der Waals surface area contributed by atoms with Crippen molar-refractivity contribution in [2.45, 2.75) is 13.8 Å². The van der Waals surface area contributed by atoms with Crippen LogP contribution in [-0.4, -0.2) is 16.9 Å². The molecule has 130 valence electrons. The average molecular weight is 346 g/mol. The minimum absolute atomic E-state index is 0.208. The van der Waals surface area contributed by atoms with Gasteiger partial charge in [0, 0.05) is 18.2 Å². The van der Waals surface area contributed by atoms with Crippen LogP contribution in [0.5, 0.6) is 5.75 Å². The summed E-state index contributed by atoms with van der Waals surface area (Å²) in [6.07, 6.45) is 0. The summed E-state index contributed by atoms with van der Waals surface area (Å²) in [5.74, 6) is 0.471. The maximum Gasteiger partial charge on any atom is 0.308 e. The largest absolute Gasteiger partial charge is 0.427 e. The van der Waals surface area contributed by atoms with E-state index in [4.69, 9.17) is 4.74 Å². The quantitative estimate of drug-likeness (QED) is 0.567. The van der Waals surface area contributed by atoms with Crippen LogP contribution in [0.4, 0.5) is 5.82 Å². The summed E-state index contributed by atoms with van der Waals surface area (Å²) in [6.45, 7) is 3.24. The molecule has 1 amide bonds. The van der Waals surface area contributed by atoms with Crippen molar-refractivity contribution in [3.05, 3.63) is 78.0 Å². The lowest BCUT2D eigenvalue weighted by Crippen LogP contribution is -2.12. The van der Waals surface area contributed by atoms with Gasteiger partial charge in [0.15, 0.2) is 0 Å². The Morgan fingerprint density at radius 2 is 1.50 bits per heavy atom. The van der Waals surface area contributed by atoms with Crippen molar-refractivity contribution in [3.63, 3.8) is 0 Å². The van der Waals surface area contributed by atoms with E-state index < -0.39 is 0 Å². The van der Waals surface area contributed by atoms with Gasteiger partial charge in [-0.2, -0.15) is 0 Å². The van der Waals surface area contributed by atoms with Crippen LogP contribution >= 0.6 is 0 Å². The van der Waals surface area contributed by atoms with Gasteiger partial charge in [0.05, 0.1) is 0 Å². The molecule has 5 heteroatoms. The average Bonchev–Trinajstić information content (AvgIpc) is 2.62. The molecule has 1 N–H and O–H groups in total. The highest BCUT2D eigenvalue weighted by Gasteiger charge is 2.08. The van der Waals surface area contributed by atoms with Crippen molar-refractivity contribution in [1.29, 1.82) is 0 Å². The number of rotatable bonds is 4. The third-order valence-corrected chi connectivity index (χ3v) is 3.73. The second kappa shape index (κ2) is 7.61. The fourth-order valence-corrected chi connectivity index (χ4v) is 2.50. The summed E-state index contributed by atoms with van der Waals surface area (Å²) in [7, 11) is 0. The van der Waals surface area contributed by atoms with E-state index in [-0.39, 0.29) is 11.9 Å². The molecule has 0 aliphatic heterocycles. The molecule has 0 saturated carbocycles. The van der Waals surface area contributed by atoms with Crippen LogP contribution in [0.25, 0.3) is 11.1 Å². The minimum Gasteiger partial charge on any atom is -0.427 e. The number of ether oxygens (including phenoxy) is 1. The Morgan fingerprint density at radius 1 is 0.885 bits per heavy atom. The van der Waals surface area contributed by atoms with Gasteiger partial charge in [-0.15, -0.1) is 0 Å². The highest BCUT2D eigenvalue weighted by Crippen LogP contribution is 2.23. The van der Waals surface area contributed by atoms with E-state index in [1.807, 2.05) is 43.3 Å². The van der Waals surface area contributed by atoms with Crippen LogP contribution in [0.1, 0.15) is 23.0 Å². The molecule has 2 aromatic carbocycles. The molecule has 0 aliphatic rings. The molecule has 26 heavy (non-hydrogen) atoms. The van der Waals surface area contributed by atoms with E-state index in [0.717, 1.165) is 16.8 Å².